The zero-order valence-corrected chi connectivity index (χ0v) is 8.30. The summed E-state index contributed by atoms with van der Waals surface area (Å²) in [6.45, 7) is 2.50. The molecule has 0 aromatic heterocycles. The third-order valence-corrected chi connectivity index (χ3v) is 1.51. The first-order valence-corrected chi connectivity index (χ1v) is 3.98. The summed E-state index contributed by atoms with van der Waals surface area (Å²) in [7, 11) is 0. The largest absolute Gasteiger partial charge is 0.512 e. The third kappa shape index (κ3) is 4.61. The summed E-state index contributed by atoms with van der Waals surface area (Å²) < 4.78 is 0. The van der Waals surface area contributed by atoms with E-state index in [4.69, 9.17) is 10.2 Å². The Morgan fingerprint density at radius 3 is 2.20 bits per heavy atom. The normalized spacial score (nSPS) is 13.9. The van der Waals surface area contributed by atoms with Crippen molar-refractivity contribution >= 4 is 5.97 Å². The summed E-state index contributed by atoms with van der Waals surface area (Å²) in [5, 5.41) is 27.7. The minimum Gasteiger partial charge on any atom is -0.512 e. The van der Waals surface area contributed by atoms with Crippen LogP contribution in [-0.2, 0) is 4.79 Å². The summed E-state index contributed by atoms with van der Waals surface area (Å²) in [5.74, 6) is -1.65. The summed E-state index contributed by atoms with van der Waals surface area (Å²) in [6.07, 6.45) is 3.43. The van der Waals surface area contributed by atoms with Gasteiger partial charge in [0.25, 0.3) is 0 Å². The molecule has 0 aliphatic carbocycles. The van der Waals surface area contributed by atoms with Crippen LogP contribution in [0.2, 0.25) is 0 Å². The summed E-state index contributed by atoms with van der Waals surface area (Å²) in [5.41, 5.74) is -0.422. The van der Waals surface area contributed by atoms with E-state index >= 15 is 0 Å². The maximum Gasteiger partial charge on any atom is 0.339 e. The van der Waals surface area contributed by atoms with E-state index in [-0.39, 0.29) is 17.0 Å². The van der Waals surface area contributed by atoms with Crippen molar-refractivity contribution in [2.24, 2.45) is 0 Å². The Balaban J connectivity index is 4.81. The fourth-order valence-electron chi connectivity index (χ4n) is 0.691. The summed E-state index contributed by atoms with van der Waals surface area (Å²) in [6, 6.07) is 0. The molecular weight excluding hydrogens is 202 g/mol. The van der Waals surface area contributed by atoms with Crippen LogP contribution in [0.15, 0.2) is 35.3 Å². The Labute approximate surface area is 86.0 Å². The second-order valence-corrected chi connectivity index (χ2v) is 2.73. The van der Waals surface area contributed by atoms with Crippen molar-refractivity contribution in [1.82, 2.24) is 0 Å². The van der Waals surface area contributed by atoms with Crippen LogP contribution in [0, 0.1) is 10.1 Å². The number of carboxylic acids is 1. The highest BCUT2D eigenvalue weighted by Crippen LogP contribution is 2.04. The second-order valence-electron chi connectivity index (χ2n) is 2.73. The molecule has 0 unspecified atom stereocenters. The molecule has 0 radical (unpaired) electrons. The van der Waals surface area contributed by atoms with Crippen LogP contribution < -0.4 is 0 Å². The highest BCUT2D eigenvalue weighted by atomic mass is 16.6. The van der Waals surface area contributed by atoms with Gasteiger partial charge in [0.15, 0.2) is 0 Å². The molecule has 82 valence electrons. The van der Waals surface area contributed by atoms with Crippen molar-refractivity contribution in [3.8, 4) is 0 Å². The molecule has 6 nitrogen and oxygen atoms in total. The monoisotopic (exact) mass is 213 g/mol. The van der Waals surface area contributed by atoms with Crippen LogP contribution in [0.25, 0.3) is 0 Å². The van der Waals surface area contributed by atoms with Gasteiger partial charge in [0.05, 0.1) is 10.5 Å². The number of hydrogen-bond donors (Lipinski definition) is 2. The van der Waals surface area contributed by atoms with E-state index in [1.807, 2.05) is 0 Å². The van der Waals surface area contributed by atoms with Crippen molar-refractivity contribution < 1.29 is 19.9 Å². The standard InChI is InChI=1S/C9H11NO5/c1-6(10(14)15)4-3-5-8(7(2)11)9(12)13/h3-5,11H,1-2H3,(H,12,13)/b5-3-,6-4+,8-7-. The molecule has 0 saturated heterocycles. The number of nitrogens with zero attached hydrogens (tertiary/aromatic N) is 1. The molecule has 0 fully saturated rings. The third-order valence-electron chi connectivity index (χ3n) is 1.51. The number of hydrogen-bond acceptors (Lipinski definition) is 4. The number of carboxylic acid groups (broad SMARTS) is 1. The molecule has 2 N–H and O–H groups in total. The SMILES string of the molecule is C\C(O)=C(/C=C\C=C(/C)[N+](=O)[O-])C(=O)O. The van der Waals surface area contributed by atoms with Gasteiger partial charge in [0.2, 0.25) is 5.70 Å². The first-order chi connectivity index (χ1) is 6.86. The van der Waals surface area contributed by atoms with Gasteiger partial charge < -0.3 is 10.2 Å². The smallest absolute Gasteiger partial charge is 0.339 e. The number of rotatable bonds is 4. The Hall–Kier alpha value is -2.11. The molecule has 6 heteroatoms. The molecule has 0 aliphatic heterocycles. The Bertz CT molecular complexity index is 361. The highest BCUT2D eigenvalue weighted by molar-refractivity contribution is 5.90. The lowest BCUT2D eigenvalue weighted by atomic mass is 10.2. The maximum absolute atomic E-state index is 10.5. The van der Waals surface area contributed by atoms with Gasteiger partial charge in [0, 0.05) is 13.0 Å². The number of nitro groups is 1. The van der Waals surface area contributed by atoms with Crippen LogP contribution >= 0.6 is 0 Å². The average Bonchev–Trinajstić information content (AvgIpc) is 2.10. The zero-order valence-electron chi connectivity index (χ0n) is 8.30. The first-order valence-electron chi connectivity index (χ1n) is 3.98. The van der Waals surface area contributed by atoms with E-state index < -0.39 is 10.9 Å². The van der Waals surface area contributed by atoms with Crippen LogP contribution in [0.5, 0.6) is 0 Å². The van der Waals surface area contributed by atoms with Crippen LogP contribution in [0.4, 0.5) is 0 Å². The van der Waals surface area contributed by atoms with Gasteiger partial charge in [-0.1, -0.05) is 6.08 Å². The fourth-order valence-corrected chi connectivity index (χ4v) is 0.691. The van der Waals surface area contributed by atoms with E-state index in [0.717, 1.165) is 12.2 Å². The number of aliphatic hydroxyl groups is 1. The van der Waals surface area contributed by atoms with E-state index in [0.29, 0.717) is 0 Å². The Kier molecular flexibility index (Phi) is 4.80. The van der Waals surface area contributed by atoms with Gasteiger partial charge in [-0.15, -0.1) is 0 Å². The van der Waals surface area contributed by atoms with Crippen molar-refractivity contribution in [1.29, 1.82) is 0 Å². The molecular formula is C9H11NO5. The molecule has 0 aromatic carbocycles. The molecule has 0 spiro atoms. The van der Waals surface area contributed by atoms with Crippen LogP contribution in [-0.4, -0.2) is 21.1 Å². The molecule has 0 aliphatic rings. The second kappa shape index (κ2) is 5.58. The van der Waals surface area contributed by atoms with Gasteiger partial charge in [-0.25, -0.2) is 4.79 Å². The van der Waals surface area contributed by atoms with Gasteiger partial charge in [-0.3, -0.25) is 10.1 Å². The topological polar surface area (TPSA) is 101 Å². The van der Waals surface area contributed by atoms with Crippen molar-refractivity contribution in [2.45, 2.75) is 13.8 Å². The quantitative estimate of drug-likeness (QED) is 0.243. The number of allylic oxidation sites excluding steroid dienone is 4. The molecule has 0 bridgehead atoms. The van der Waals surface area contributed by atoms with Crippen LogP contribution in [0.3, 0.4) is 0 Å². The van der Waals surface area contributed by atoms with E-state index in [9.17, 15) is 14.9 Å². The number of aliphatic hydroxyl groups excluding tert-OH is 1. The lowest BCUT2D eigenvalue weighted by molar-refractivity contribution is -0.424. The summed E-state index contributed by atoms with van der Waals surface area (Å²) >= 11 is 0. The van der Waals surface area contributed by atoms with Crippen molar-refractivity contribution in [3.05, 3.63) is 45.4 Å². The lowest BCUT2D eigenvalue weighted by Crippen LogP contribution is -2.00. The predicted octanol–water partition coefficient (Wildman–Crippen LogP) is 1.64. The van der Waals surface area contributed by atoms with Crippen molar-refractivity contribution in [2.75, 3.05) is 0 Å². The molecule has 0 amide bonds. The maximum atomic E-state index is 10.5. The van der Waals surface area contributed by atoms with Gasteiger partial charge >= 0.3 is 5.97 Å². The molecule has 0 rings (SSSR count). The number of aliphatic carboxylic acids is 1. The molecule has 15 heavy (non-hydrogen) atoms. The summed E-state index contributed by atoms with van der Waals surface area (Å²) in [4.78, 5) is 20.1. The van der Waals surface area contributed by atoms with E-state index in [1.54, 1.807) is 0 Å². The number of carbonyl (C=O) groups is 1. The average molecular weight is 213 g/mol. The molecule has 0 atom stereocenters. The molecule has 0 heterocycles. The Morgan fingerprint density at radius 1 is 1.33 bits per heavy atom. The van der Waals surface area contributed by atoms with Gasteiger partial charge in [-0.2, -0.15) is 0 Å². The lowest BCUT2D eigenvalue weighted by Gasteiger charge is -1.95. The molecule has 0 saturated carbocycles. The van der Waals surface area contributed by atoms with Crippen molar-refractivity contribution in [3.63, 3.8) is 0 Å². The van der Waals surface area contributed by atoms with Gasteiger partial charge in [0.1, 0.15) is 5.76 Å². The van der Waals surface area contributed by atoms with Gasteiger partial charge in [-0.05, 0) is 13.0 Å². The minimum absolute atomic E-state index is 0.119. The first kappa shape index (κ1) is 12.9. The fraction of sp³-hybridized carbons (Fsp3) is 0.222. The van der Waals surface area contributed by atoms with E-state index in [2.05, 4.69) is 0 Å². The Morgan fingerprint density at radius 2 is 1.87 bits per heavy atom. The molecule has 0 aromatic rings. The van der Waals surface area contributed by atoms with Crippen LogP contribution in [0.1, 0.15) is 13.8 Å². The zero-order chi connectivity index (χ0) is 12.0. The van der Waals surface area contributed by atoms with E-state index in [1.165, 1.54) is 19.9 Å². The minimum atomic E-state index is -1.29. The highest BCUT2D eigenvalue weighted by Gasteiger charge is 2.06. The predicted molar refractivity (Wildman–Crippen MR) is 52.9 cm³/mol.